The minimum absolute atomic E-state index is 0.0604. The van der Waals surface area contributed by atoms with E-state index in [0.717, 1.165) is 11.3 Å². The molecule has 2 N–H and O–H groups in total. The average molecular weight is 514 g/mol. The van der Waals surface area contributed by atoms with E-state index in [9.17, 15) is 14.4 Å². The summed E-state index contributed by atoms with van der Waals surface area (Å²) < 4.78 is 5.45. The van der Waals surface area contributed by atoms with Crippen molar-refractivity contribution in [1.29, 1.82) is 0 Å². The molecule has 4 rings (SSSR count). The first-order valence-electron chi connectivity index (χ1n) is 12.3. The summed E-state index contributed by atoms with van der Waals surface area (Å²) in [6.45, 7) is 7.56. The third kappa shape index (κ3) is 5.88. The lowest BCUT2D eigenvalue weighted by molar-refractivity contribution is -0.133. The van der Waals surface area contributed by atoms with Crippen LogP contribution in [0.3, 0.4) is 0 Å². The minimum Gasteiger partial charge on any atom is -0.389 e. The van der Waals surface area contributed by atoms with Crippen LogP contribution in [0, 0.1) is 13.8 Å². The van der Waals surface area contributed by atoms with Gasteiger partial charge in [-0.25, -0.2) is 4.79 Å². The van der Waals surface area contributed by atoms with Gasteiger partial charge in [-0.05, 0) is 69.7 Å². The molecule has 9 nitrogen and oxygen atoms in total. The number of nitrogens with zero attached hydrogens (tertiary/aromatic N) is 3. The third-order valence-electron chi connectivity index (χ3n) is 6.35. The number of likely N-dealkylation sites (N-methyl/N-ethyl adjacent to an activating group) is 1. The Labute approximate surface area is 220 Å². The van der Waals surface area contributed by atoms with E-state index in [1.54, 1.807) is 63.2 Å². The van der Waals surface area contributed by atoms with Gasteiger partial charge in [0.15, 0.2) is 0 Å². The number of aromatic nitrogens is 2. The summed E-state index contributed by atoms with van der Waals surface area (Å²) in [4.78, 5) is 49.1. The molecule has 2 aromatic carbocycles. The second-order valence-corrected chi connectivity index (χ2v) is 9.81. The normalized spacial score (nSPS) is 11.3. The van der Waals surface area contributed by atoms with Crippen LogP contribution in [0.1, 0.15) is 41.0 Å². The largest absolute Gasteiger partial charge is 0.389 e. The quantitative estimate of drug-likeness (QED) is 0.360. The van der Waals surface area contributed by atoms with E-state index in [2.05, 4.69) is 20.6 Å². The molecule has 2 heterocycles. The first kappa shape index (κ1) is 26.5. The summed E-state index contributed by atoms with van der Waals surface area (Å²) in [5.74, 6) is -0.473. The maximum Gasteiger partial charge on any atom is 0.348 e. The molecule has 196 valence electrons. The van der Waals surface area contributed by atoms with Crippen molar-refractivity contribution in [2.45, 2.75) is 39.7 Å². The van der Waals surface area contributed by atoms with Gasteiger partial charge in [0.2, 0.25) is 5.91 Å². The van der Waals surface area contributed by atoms with Gasteiger partial charge in [-0.1, -0.05) is 23.8 Å². The van der Waals surface area contributed by atoms with Crippen molar-refractivity contribution < 1.29 is 14.0 Å². The van der Waals surface area contributed by atoms with Crippen LogP contribution in [0.2, 0.25) is 0 Å². The number of fused-ring (bicyclic) bond motifs is 1. The Bertz CT molecular complexity index is 1530. The van der Waals surface area contributed by atoms with E-state index in [-0.39, 0.29) is 23.2 Å². The Balaban J connectivity index is 1.50. The number of rotatable bonds is 8. The monoisotopic (exact) mass is 513 g/mol. The number of hydrogen-bond donors (Lipinski definition) is 2. The van der Waals surface area contributed by atoms with Crippen LogP contribution in [0.4, 0.5) is 11.7 Å². The Kier molecular flexibility index (Phi) is 7.57. The number of amides is 2. The number of hydrogen-bond acceptors (Lipinski definition) is 7. The fourth-order valence-corrected chi connectivity index (χ4v) is 4.14. The lowest BCUT2D eigenvalue weighted by Gasteiger charge is -2.30. The van der Waals surface area contributed by atoms with Gasteiger partial charge in [-0.3, -0.25) is 14.6 Å². The Morgan fingerprint density at radius 1 is 1.03 bits per heavy atom. The number of carbonyl (C=O) groups is 2. The molecule has 4 aromatic rings. The number of benzene rings is 2. The Morgan fingerprint density at radius 2 is 1.76 bits per heavy atom. The van der Waals surface area contributed by atoms with E-state index in [1.807, 2.05) is 37.3 Å². The molecule has 2 amide bonds. The summed E-state index contributed by atoms with van der Waals surface area (Å²) in [6, 6.07) is 16.2. The highest BCUT2D eigenvalue weighted by Gasteiger charge is 2.32. The number of carbonyl (C=O) groups excluding carboxylic acids is 2. The van der Waals surface area contributed by atoms with Crippen LogP contribution >= 0.6 is 0 Å². The SMILES string of the molecule is Cc1ccc(C(=O)Nc2ccc3nc(NC(C)(C)C(=O)N(C)CCc4ccccn4)oc(=O)c3c2C)cc1. The summed E-state index contributed by atoms with van der Waals surface area (Å²) >= 11 is 0. The van der Waals surface area contributed by atoms with Gasteiger partial charge in [-0.2, -0.15) is 4.98 Å². The molecule has 0 radical (unpaired) electrons. The second kappa shape index (κ2) is 10.8. The molecular formula is C29H31N5O4. The number of pyridine rings is 1. The summed E-state index contributed by atoms with van der Waals surface area (Å²) in [5, 5.41) is 6.08. The van der Waals surface area contributed by atoms with E-state index in [0.29, 0.717) is 35.3 Å². The van der Waals surface area contributed by atoms with Gasteiger partial charge >= 0.3 is 5.63 Å². The van der Waals surface area contributed by atoms with Crippen molar-refractivity contribution in [3.63, 3.8) is 0 Å². The van der Waals surface area contributed by atoms with Crippen molar-refractivity contribution in [3.8, 4) is 0 Å². The van der Waals surface area contributed by atoms with Gasteiger partial charge in [-0.15, -0.1) is 0 Å². The summed E-state index contributed by atoms with van der Waals surface area (Å²) in [7, 11) is 1.72. The van der Waals surface area contributed by atoms with Gasteiger partial charge in [0, 0.05) is 43.2 Å². The first-order chi connectivity index (χ1) is 18.0. The molecule has 0 saturated heterocycles. The van der Waals surface area contributed by atoms with Crippen LogP contribution < -0.4 is 16.3 Å². The van der Waals surface area contributed by atoms with E-state index in [1.165, 1.54) is 0 Å². The molecule has 0 unspecified atom stereocenters. The molecule has 0 aliphatic heterocycles. The minimum atomic E-state index is -1.09. The van der Waals surface area contributed by atoms with Crippen LogP contribution in [0.15, 0.2) is 70.0 Å². The van der Waals surface area contributed by atoms with Crippen LogP contribution in [0.5, 0.6) is 0 Å². The Hall–Kier alpha value is -4.53. The molecule has 2 aromatic heterocycles. The fraction of sp³-hybridized carbons (Fsp3) is 0.276. The standard InChI is InChI=1S/C29H31N5O4/c1-18-9-11-20(12-10-18)25(35)31-22-13-14-23-24(19(22)2)26(36)38-28(32-23)33-29(3,4)27(37)34(5)17-15-21-8-6-7-16-30-21/h6-14,16H,15,17H2,1-5H3,(H,31,35)(H,32,33). The molecule has 0 saturated carbocycles. The highest BCUT2D eigenvalue weighted by Crippen LogP contribution is 2.25. The predicted octanol–water partition coefficient (Wildman–Crippen LogP) is 4.34. The van der Waals surface area contributed by atoms with Crippen molar-refractivity contribution in [1.82, 2.24) is 14.9 Å². The van der Waals surface area contributed by atoms with E-state index >= 15 is 0 Å². The smallest absolute Gasteiger partial charge is 0.348 e. The van der Waals surface area contributed by atoms with Crippen molar-refractivity contribution in [2.24, 2.45) is 0 Å². The van der Waals surface area contributed by atoms with Gasteiger partial charge in [0.05, 0.1) is 10.9 Å². The van der Waals surface area contributed by atoms with Crippen LogP contribution in [-0.4, -0.2) is 45.8 Å². The molecule has 0 atom stereocenters. The zero-order valence-corrected chi connectivity index (χ0v) is 22.2. The average Bonchev–Trinajstić information content (AvgIpc) is 2.89. The van der Waals surface area contributed by atoms with E-state index < -0.39 is 11.2 Å². The molecule has 38 heavy (non-hydrogen) atoms. The number of anilines is 2. The third-order valence-corrected chi connectivity index (χ3v) is 6.35. The van der Waals surface area contributed by atoms with E-state index in [4.69, 9.17) is 4.42 Å². The lowest BCUT2D eigenvalue weighted by Crippen LogP contribution is -2.49. The van der Waals surface area contributed by atoms with Gasteiger partial charge in [0.1, 0.15) is 5.54 Å². The summed E-state index contributed by atoms with van der Waals surface area (Å²) in [6.07, 6.45) is 2.34. The zero-order valence-electron chi connectivity index (χ0n) is 22.2. The van der Waals surface area contributed by atoms with Crippen molar-refractivity contribution in [2.75, 3.05) is 24.2 Å². The summed E-state index contributed by atoms with van der Waals surface area (Å²) in [5.41, 5.74) is 2.17. The number of aryl methyl sites for hydroxylation is 2. The maximum absolute atomic E-state index is 13.1. The first-order valence-corrected chi connectivity index (χ1v) is 12.3. The molecule has 0 spiro atoms. The van der Waals surface area contributed by atoms with Crippen molar-refractivity contribution >= 4 is 34.4 Å². The van der Waals surface area contributed by atoms with Gasteiger partial charge in [0.25, 0.3) is 11.9 Å². The molecule has 0 fully saturated rings. The predicted molar refractivity (Wildman–Crippen MR) is 147 cm³/mol. The fourth-order valence-electron chi connectivity index (χ4n) is 4.14. The molecule has 0 aliphatic carbocycles. The topological polar surface area (TPSA) is 117 Å². The second-order valence-electron chi connectivity index (χ2n) is 9.81. The highest BCUT2D eigenvalue weighted by atomic mass is 16.4. The van der Waals surface area contributed by atoms with Crippen LogP contribution in [-0.2, 0) is 11.2 Å². The molecule has 0 bridgehead atoms. The van der Waals surface area contributed by atoms with Gasteiger partial charge < -0.3 is 20.0 Å². The molecular weight excluding hydrogens is 482 g/mol. The molecule has 9 heteroatoms. The van der Waals surface area contributed by atoms with Crippen molar-refractivity contribution in [3.05, 3.63) is 93.6 Å². The van der Waals surface area contributed by atoms with Crippen LogP contribution in [0.25, 0.3) is 10.9 Å². The Morgan fingerprint density at radius 3 is 2.45 bits per heavy atom. The zero-order chi connectivity index (χ0) is 27.4. The highest BCUT2D eigenvalue weighted by molar-refractivity contribution is 6.06. The molecule has 0 aliphatic rings. The maximum atomic E-state index is 13.1. The lowest BCUT2D eigenvalue weighted by atomic mass is 10.0. The number of nitrogens with one attached hydrogen (secondary N) is 2.